The number of hydrogen-bond donors (Lipinski definition) is 0. The predicted octanol–water partition coefficient (Wildman–Crippen LogP) is 6.01. The minimum Gasteiger partial charge on any atom is -0.468 e. The molecule has 7 nitrogen and oxygen atoms in total. The highest BCUT2D eigenvalue weighted by molar-refractivity contribution is 7.10. The molecule has 8 heteroatoms. The average molecular weight is 500 g/mol. The Morgan fingerprint density at radius 3 is 2.78 bits per heavy atom. The molecule has 0 saturated carbocycles. The molecule has 2 aliphatic rings. The normalized spacial score (nSPS) is 18.5. The van der Waals surface area contributed by atoms with Gasteiger partial charge in [-0.3, -0.25) is 0 Å². The first kappa shape index (κ1) is 24.0. The van der Waals surface area contributed by atoms with Crippen LogP contribution in [0.2, 0.25) is 0 Å². The number of oxime groups is 1. The first-order valence-corrected chi connectivity index (χ1v) is 13.1. The van der Waals surface area contributed by atoms with E-state index in [1.54, 1.807) is 18.4 Å². The molecule has 3 aromatic rings. The topological polar surface area (TPSA) is 83.1 Å². The first-order chi connectivity index (χ1) is 17.6. The van der Waals surface area contributed by atoms with Crippen molar-refractivity contribution in [2.24, 2.45) is 10.1 Å². The fourth-order valence-electron chi connectivity index (χ4n) is 4.69. The van der Waals surface area contributed by atoms with Crippen LogP contribution in [-0.2, 0) is 9.57 Å². The average Bonchev–Trinajstić information content (AvgIpc) is 3.60. The van der Waals surface area contributed by atoms with Crippen molar-refractivity contribution in [3.8, 4) is 6.07 Å². The monoisotopic (exact) mass is 499 g/mol. The van der Waals surface area contributed by atoms with Crippen LogP contribution in [0.25, 0.3) is 0 Å². The number of ether oxygens (including phenoxy) is 1. The number of likely N-dealkylation sites (tertiary alicyclic amines) is 1. The number of piperidine rings is 1. The number of aryl methyl sites for hydroxylation is 2. The van der Waals surface area contributed by atoms with Gasteiger partial charge in [-0.1, -0.05) is 35.5 Å². The third kappa shape index (κ3) is 4.98. The van der Waals surface area contributed by atoms with Crippen LogP contribution < -0.4 is 0 Å². The SMILES string of the molecule is COC(=Nc1cc(C)ccc1C)N1CCC(c2nc(C3=NOC(c4ccccc4C#N)C3)cs2)CC1. The molecule has 0 amide bonds. The second-order valence-corrected chi connectivity index (χ2v) is 10.1. The molecule has 5 rings (SSSR count). The summed E-state index contributed by atoms with van der Waals surface area (Å²) in [5, 5.41) is 16.9. The second-order valence-electron chi connectivity index (χ2n) is 9.26. The summed E-state index contributed by atoms with van der Waals surface area (Å²) in [6.45, 7) is 5.89. The van der Waals surface area contributed by atoms with E-state index in [0.717, 1.165) is 59.2 Å². The third-order valence-corrected chi connectivity index (χ3v) is 7.80. The highest BCUT2D eigenvalue weighted by atomic mass is 32.1. The van der Waals surface area contributed by atoms with Gasteiger partial charge in [-0.25, -0.2) is 4.98 Å². The number of aromatic nitrogens is 1. The van der Waals surface area contributed by atoms with Gasteiger partial charge in [0.1, 0.15) is 5.71 Å². The predicted molar refractivity (Wildman–Crippen MR) is 142 cm³/mol. The summed E-state index contributed by atoms with van der Waals surface area (Å²) in [5.41, 5.74) is 6.50. The molecule has 2 aliphatic heterocycles. The van der Waals surface area contributed by atoms with Crippen molar-refractivity contribution in [3.63, 3.8) is 0 Å². The first-order valence-electron chi connectivity index (χ1n) is 12.2. The molecule has 3 heterocycles. The van der Waals surface area contributed by atoms with Gasteiger partial charge in [-0.15, -0.1) is 11.3 Å². The lowest BCUT2D eigenvalue weighted by Crippen LogP contribution is -2.38. The molecule has 2 aromatic carbocycles. The van der Waals surface area contributed by atoms with E-state index in [-0.39, 0.29) is 6.10 Å². The van der Waals surface area contributed by atoms with E-state index < -0.39 is 0 Å². The van der Waals surface area contributed by atoms with Crippen molar-refractivity contribution in [1.82, 2.24) is 9.88 Å². The summed E-state index contributed by atoms with van der Waals surface area (Å²) < 4.78 is 5.68. The summed E-state index contributed by atoms with van der Waals surface area (Å²) >= 11 is 1.69. The third-order valence-electron chi connectivity index (χ3n) is 6.79. The molecular formula is C28H29N5O2S. The Balaban J connectivity index is 1.22. The number of nitriles is 1. The Morgan fingerprint density at radius 1 is 1.19 bits per heavy atom. The van der Waals surface area contributed by atoms with Gasteiger partial charge in [0, 0.05) is 36.4 Å². The van der Waals surface area contributed by atoms with Gasteiger partial charge in [0.05, 0.1) is 35.1 Å². The molecule has 0 bridgehead atoms. The number of benzene rings is 2. The molecule has 1 fully saturated rings. The zero-order valence-electron chi connectivity index (χ0n) is 20.8. The van der Waals surface area contributed by atoms with E-state index >= 15 is 0 Å². The zero-order valence-corrected chi connectivity index (χ0v) is 21.6. The lowest BCUT2D eigenvalue weighted by Gasteiger charge is -2.32. The summed E-state index contributed by atoms with van der Waals surface area (Å²) in [5.74, 6) is 0.400. The fourth-order valence-corrected chi connectivity index (χ4v) is 5.69. The number of amidine groups is 1. The molecule has 0 aliphatic carbocycles. The molecule has 184 valence electrons. The molecule has 1 atom stereocenters. The molecule has 0 spiro atoms. The van der Waals surface area contributed by atoms with Crippen LogP contribution in [0.5, 0.6) is 0 Å². The maximum absolute atomic E-state index is 9.40. The summed E-state index contributed by atoms with van der Waals surface area (Å²) in [6.07, 6.45) is 2.35. The van der Waals surface area contributed by atoms with Gasteiger partial charge in [0.15, 0.2) is 6.10 Å². The molecule has 36 heavy (non-hydrogen) atoms. The fraction of sp³-hybridized carbons (Fsp3) is 0.357. The number of hydrogen-bond acceptors (Lipinski definition) is 7. The van der Waals surface area contributed by atoms with Gasteiger partial charge in [-0.05, 0) is 49.9 Å². The van der Waals surface area contributed by atoms with Crippen molar-refractivity contribution >= 4 is 28.8 Å². The number of thiazole rings is 1. The lowest BCUT2D eigenvalue weighted by atomic mass is 9.97. The summed E-state index contributed by atoms with van der Waals surface area (Å²) in [6, 6.07) is 16.7. The van der Waals surface area contributed by atoms with Gasteiger partial charge < -0.3 is 14.5 Å². The molecule has 0 N–H and O–H groups in total. The van der Waals surface area contributed by atoms with Crippen molar-refractivity contribution in [2.45, 2.75) is 45.1 Å². The van der Waals surface area contributed by atoms with E-state index in [1.807, 2.05) is 24.3 Å². The van der Waals surface area contributed by atoms with Crippen molar-refractivity contribution in [1.29, 1.82) is 5.26 Å². The molecule has 1 saturated heterocycles. The number of nitrogens with zero attached hydrogens (tertiary/aromatic N) is 5. The Bertz CT molecular complexity index is 1350. The Hall–Kier alpha value is -3.70. The Kier molecular flexibility index (Phi) is 7.01. The largest absolute Gasteiger partial charge is 0.468 e. The van der Waals surface area contributed by atoms with Crippen LogP contribution in [0.4, 0.5) is 5.69 Å². The van der Waals surface area contributed by atoms with Gasteiger partial charge >= 0.3 is 0 Å². The maximum Gasteiger partial charge on any atom is 0.292 e. The van der Waals surface area contributed by atoms with Crippen LogP contribution in [-0.4, -0.2) is 41.8 Å². The number of methoxy groups -OCH3 is 1. The van der Waals surface area contributed by atoms with Crippen LogP contribution in [0.15, 0.2) is 58.0 Å². The van der Waals surface area contributed by atoms with Crippen LogP contribution in [0.3, 0.4) is 0 Å². The smallest absolute Gasteiger partial charge is 0.292 e. The van der Waals surface area contributed by atoms with E-state index in [4.69, 9.17) is 19.6 Å². The highest BCUT2D eigenvalue weighted by Crippen LogP contribution is 2.35. The van der Waals surface area contributed by atoms with E-state index in [2.05, 4.69) is 53.6 Å². The molecular weight excluding hydrogens is 470 g/mol. The number of aliphatic imine (C=N–C) groups is 1. The van der Waals surface area contributed by atoms with Crippen LogP contribution in [0.1, 0.15) is 64.2 Å². The van der Waals surface area contributed by atoms with Crippen LogP contribution in [0, 0.1) is 25.2 Å². The van der Waals surface area contributed by atoms with Gasteiger partial charge in [0.25, 0.3) is 6.02 Å². The highest BCUT2D eigenvalue weighted by Gasteiger charge is 2.29. The minimum absolute atomic E-state index is 0.243. The quantitative estimate of drug-likeness (QED) is 0.324. The molecule has 0 radical (unpaired) electrons. The molecule has 1 aromatic heterocycles. The van der Waals surface area contributed by atoms with Crippen molar-refractivity contribution in [2.75, 3.05) is 20.2 Å². The minimum atomic E-state index is -0.243. The van der Waals surface area contributed by atoms with Crippen molar-refractivity contribution < 1.29 is 9.57 Å². The van der Waals surface area contributed by atoms with Gasteiger partial charge in [0.2, 0.25) is 0 Å². The van der Waals surface area contributed by atoms with Crippen LogP contribution >= 0.6 is 11.3 Å². The summed E-state index contributed by atoms with van der Waals surface area (Å²) in [7, 11) is 1.69. The summed E-state index contributed by atoms with van der Waals surface area (Å²) in [4.78, 5) is 17.7. The van der Waals surface area contributed by atoms with Gasteiger partial charge in [-0.2, -0.15) is 10.3 Å². The lowest BCUT2D eigenvalue weighted by molar-refractivity contribution is 0.0855. The van der Waals surface area contributed by atoms with E-state index in [0.29, 0.717) is 23.9 Å². The second kappa shape index (κ2) is 10.5. The van der Waals surface area contributed by atoms with E-state index in [9.17, 15) is 5.26 Å². The maximum atomic E-state index is 9.40. The standard InChI is InChI=1S/C28H29N5O2S/c1-18-8-9-19(2)23(14-18)31-28(34-3)33-12-10-20(11-13-33)27-30-25(17-36-27)24-15-26(35-32-24)22-7-5-4-6-21(22)16-29/h4-9,14,17,20,26H,10-13,15H2,1-3H3. The zero-order chi connectivity index (χ0) is 25.1. The Labute approximate surface area is 215 Å². The van der Waals surface area contributed by atoms with Crippen molar-refractivity contribution in [3.05, 3.63) is 80.8 Å². The number of rotatable bonds is 4. The van der Waals surface area contributed by atoms with E-state index in [1.165, 1.54) is 5.56 Å². The Morgan fingerprint density at radius 2 is 2.00 bits per heavy atom. The molecule has 1 unspecified atom stereocenters.